The van der Waals surface area contributed by atoms with Crippen LogP contribution < -0.4 is 0 Å². The summed E-state index contributed by atoms with van der Waals surface area (Å²) in [4.78, 5) is 10.9. The molecule has 0 saturated heterocycles. The third-order valence-electron chi connectivity index (χ3n) is 2.72. The molecule has 21 heavy (non-hydrogen) atoms. The van der Waals surface area contributed by atoms with Crippen molar-refractivity contribution in [1.82, 2.24) is 4.57 Å². The van der Waals surface area contributed by atoms with Gasteiger partial charge in [0.15, 0.2) is 0 Å². The van der Waals surface area contributed by atoms with Crippen LogP contribution in [0.1, 0.15) is 21.5 Å². The maximum Gasteiger partial charge on any atom is 0.418 e. The molecule has 0 bridgehead atoms. The zero-order chi connectivity index (χ0) is 15.8. The number of hydrogen-bond acceptors (Lipinski definition) is 2. The second-order valence-electron chi connectivity index (χ2n) is 4.07. The largest absolute Gasteiger partial charge is 0.478 e. The number of nitriles is 1. The molecule has 2 rings (SSSR count). The maximum absolute atomic E-state index is 12.8. The summed E-state index contributed by atoms with van der Waals surface area (Å²) >= 11 is 3.15. The Bertz CT molecular complexity index is 760. The van der Waals surface area contributed by atoms with Crippen molar-refractivity contribution in [1.29, 1.82) is 5.26 Å². The number of carboxylic acids is 1. The fraction of sp³-hybridized carbons (Fsp3) is 0.0769. The number of aromatic carboxylic acids is 1. The number of benzene rings is 1. The van der Waals surface area contributed by atoms with Gasteiger partial charge in [0.05, 0.1) is 22.4 Å². The van der Waals surface area contributed by atoms with Gasteiger partial charge in [0, 0.05) is 16.9 Å². The molecule has 108 valence electrons. The van der Waals surface area contributed by atoms with Gasteiger partial charge in [-0.15, -0.1) is 0 Å². The van der Waals surface area contributed by atoms with E-state index in [0.29, 0.717) is 10.7 Å². The van der Waals surface area contributed by atoms with Crippen LogP contribution in [0.3, 0.4) is 0 Å². The molecule has 2 aromatic rings. The van der Waals surface area contributed by atoms with E-state index in [-0.39, 0.29) is 11.3 Å². The number of halogens is 4. The summed E-state index contributed by atoms with van der Waals surface area (Å²) in [6, 6.07) is 6.26. The third kappa shape index (κ3) is 2.92. The molecule has 8 heteroatoms. The summed E-state index contributed by atoms with van der Waals surface area (Å²) in [5, 5.41) is 17.9. The molecule has 0 spiro atoms. The molecule has 1 N–H and O–H groups in total. The Balaban J connectivity index is 2.67. The van der Waals surface area contributed by atoms with Crippen LogP contribution in [0.2, 0.25) is 0 Å². The van der Waals surface area contributed by atoms with Crippen molar-refractivity contribution >= 4 is 21.9 Å². The molecular formula is C13H6BrF3N2O2. The molecule has 0 unspecified atom stereocenters. The van der Waals surface area contributed by atoms with Crippen molar-refractivity contribution in [2.24, 2.45) is 0 Å². The van der Waals surface area contributed by atoms with Crippen LogP contribution in [0.15, 0.2) is 35.1 Å². The summed E-state index contributed by atoms with van der Waals surface area (Å²) < 4.78 is 40.1. The highest BCUT2D eigenvalue weighted by atomic mass is 79.9. The van der Waals surface area contributed by atoms with Crippen molar-refractivity contribution < 1.29 is 23.1 Å². The summed E-state index contributed by atoms with van der Waals surface area (Å²) in [6.45, 7) is 0. The lowest BCUT2D eigenvalue weighted by Gasteiger charge is -2.06. The van der Waals surface area contributed by atoms with E-state index in [2.05, 4.69) is 15.9 Å². The van der Waals surface area contributed by atoms with Gasteiger partial charge in [-0.1, -0.05) is 15.9 Å². The Morgan fingerprint density at radius 3 is 2.48 bits per heavy atom. The van der Waals surface area contributed by atoms with Crippen LogP contribution in [0.4, 0.5) is 13.2 Å². The monoisotopic (exact) mass is 358 g/mol. The smallest absolute Gasteiger partial charge is 0.418 e. The molecule has 0 fully saturated rings. The number of aromatic nitrogens is 1. The highest BCUT2D eigenvalue weighted by Gasteiger charge is 2.37. The van der Waals surface area contributed by atoms with Gasteiger partial charge in [0.25, 0.3) is 0 Å². The number of carbonyl (C=O) groups is 1. The summed E-state index contributed by atoms with van der Waals surface area (Å²) in [5.41, 5.74) is -1.85. The number of hydrogen-bond donors (Lipinski definition) is 1. The standard InChI is InChI=1S/C13H6BrF3N2O2/c14-8-1-2-11(7(3-8)4-18)19-5-9(12(20)21)10(6-19)13(15,16)17/h1-3,5-6H,(H,20,21). The van der Waals surface area contributed by atoms with Gasteiger partial charge in [0.2, 0.25) is 0 Å². The van der Waals surface area contributed by atoms with Gasteiger partial charge in [-0.3, -0.25) is 0 Å². The van der Waals surface area contributed by atoms with Crippen LogP contribution in [0.5, 0.6) is 0 Å². The van der Waals surface area contributed by atoms with Crippen molar-refractivity contribution in [3.05, 3.63) is 51.8 Å². The van der Waals surface area contributed by atoms with E-state index < -0.39 is 23.3 Å². The SMILES string of the molecule is N#Cc1cc(Br)ccc1-n1cc(C(=O)O)c(C(F)(F)F)c1. The van der Waals surface area contributed by atoms with Gasteiger partial charge in [0.1, 0.15) is 6.07 Å². The summed E-state index contributed by atoms with van der Waals surface area (Å²) in [6.07, 6.45) is -3.29. The predicted molar refractivity (Wildman–Crippen MR) is 70.1 cm³/mol. The molecule has 4 nitrogen and oxygen atoms in total. The first kappa shape index (κ1) is 15.1. The molecule has 0 aliphatic rings. The minimum Gasteiger partial charge on any atom is -0.478 e. The fourth-order valence-corrected chi connectivity index (χ4v) is 2.17. The van der Waals surface area contributed by atoms with Crippen molar-refractivity contribution in [3.63, 3.8) is 0 Å². The van der Waals surface area contributed by atoms with Crippen molar-refractivity contribution in [3.8, 4) is 11.8 Å². The lowest BCUT2D eigenvalue weighted by molar-refractivity contribution is -0.138. The molecular weight excluding hydrogens is 353 g/mol. The fourth-order valence-electron chi connectivity index (χ4n) is 1.81. The minimum atomic E-state index is -4.79. The first-order valence-electron chi connectivity index (χ1n) is 5.46. The van der Waals surface area contributed by atoms with Gasteiger partial charge in [-0.05, 0) is 18.2 Å². The van der Waals surface area contributed by atoms with Crippen LogP contribution in [-0.4, -0.2) is 15.6 Å². The molecule has 0 aliphatic heterocycles. The Kier molecular flexibility index (Phi) is 3.78. The van der Waals surface area contributed by atoms with E-state index in [4.69, 9.17) is 10.4 Å². The van der Waals surface area contributed by atoms with Gasteiger partial charge in [-0.2, -0.15) is 18.4 Å². The maximum atomic E-state index is 12.8. The Morgan fingerprint density at radius 2 is 2.00 bits per heavy atom. The number of rotatable bonds is 2. The van der Waals surface area contributed by atoms with E-state index >= 15 is 0 Å². The van der Waals surface area contributed by atoms with Gasteiger partial charge < -0.3 is 9.67 Å². The first-order valence-corrected chi connectivity index (χ1v) is 6.26. The second kappa shape index (κ2) is 5.26. The Morgan fingerprint density at radius 1 is 1.33 bits per heavy atom. The molecule has 0 saturated carbocycles. The highest BCUT2D eigenvalue weighted by molar-refractivity contribution is 9.10. The van der Waals surface area contributed by atoms with Crippen molar-refractivity contribution in [2.75, 3.05) is 0 Å². The first-order chi connectivity index (χ1) is 9.74. The zero-order valence-electron chi connectivity index (χ0n) is 10.1. The molecule has 1 heterocycles. The quantitative estimate of drug-likeness (QED) is 0.886. The number of alkyl halides is 3. The average molecular weight is 359 g/mol. The van der Waals surface area contributed by atoms with Crippen LogP contribution in [0, 0.1) is 11.3 Å². The van der Waals surface area contributed by atoms with Crippen LogP contribution in [-0.2, 0) is 6.18 Å². The zero-order valence-corrected chi connectivity index (χ0v) is 11.7. The van der Waals surface area contributed by atoms with Gasteiger partial charge >= 0.3 is 12.1 Å². The molecule has 0 atom stereocenters. The highest BCUT2D eigenvalue weighted by Crippen LogP contribution is 2.34. The molecule has 0 amide bonds. The number of carboxylic acid groups (broad SMARTS) is 1. The molecule has 1 aromatic carbocycles. The second-order valence-corrected chi connectivity index (χ2v) is 4.98. The predicted octanol–water partition coefficient (Wildman–Crippen LogP) is 3.83. The van der Waals surface area contributed by atoms with E-state index in [9.17, 15) is 18.0 Å². The van der Waals surface area contributed by atoms with E-state index in [1.807, 2.05) is 6.07 Å². The topological polar surface area (TPSA) is 66.0 Å². The van der Waals surface area contributed by atoms with E-state index in [1.54, 1.807) is 6.07 Å². The van der Waals surface area contributed by atoms with Crippen molar-refractivity contribution in [2.45, 2.75) is 6.18 Å². The molecule has 1 aromatic heterocycles. The van der Waals surface area contributed by atoms with Crippen LogP contribution >= 0.6 is 15.9 Å². The third-order valence-corrected chi connectivity index (χ3v) is 3.21. The Hall–Kier alpha value is -2.27. The lowest BCUT2D eigenvalue weighted by atomic mass is 10.2. The summed E-state index contributed by atoms with van der Waals surface area (Å²) in [7, 11) is 0. The normalized spacial score (nSPS) is 11.2. The minimum absolute atomic E-state index is 0.116. The lowest BCUT2D eigenvalue weighted by Crippen LogP contribution is -2.09. The van der Waals surface area contributed by atoms with Crippen LogP contribution in [0.25, 0.3) is 5.69 Å². The van der Waals surface area contributed by atoms with E-state index in [0.717, 1.165) is 10.8 Å². The molecule has 0 radical (unpaired) electrons. The molecule has 0 aliphatic carbocycles. The summed E-state index contributed by atoms with van der Waals surface area (Å²) in [5.74, 6) is -1.68. The van der Waals surface area contributed by atoms with Gasteiger partial charge in [-0.25, -0.2) is 4.79 Å². The van der Waals surface area contributed by atoms with E-state index in [1.165, 1.54) is 12.1 Å². The Labute approximate surface area is 125 Å². The average Bonchev–Trinajstić information content (AvgIpc) is 2.83. The number of nitrogens with zero attached hydrogens (tertiary/aromatic N) is 2.